The van der Waals surface area contributed by atoms with Gasteiger partial charge in [-0.05, 0) is 37.8 Å². The molecule has 1 saturated heterocycles. The summed E-state index contributed by atoms with van der Waals surface area (Å²) in [5, 5.41) is 9.07. The molecule has 4 nitrogen and oxygen atoms in total. The smallest absolute Gasteiger partial charge is 0.207 e. The van der Waals surface area contributed by atoms with Gasteiger partial charge in [0.05, 0.1) is 10.5 Å². The molecule has 5 heteroatoms. The molecule has 1 aliphatic heterocycles. The van der Waals surface area contributed by atoms with E-state index in [1.165, 1.54) is 10.4 Å². The van der Waals surface area contributed by atoms with E-state index in [1.54, 1.807) is 18.2 Å². The zero-order valence-corrected chi connectivity index (χ0v) is 12.0. The molecule has 2 rings (SSSR count). The highest BCUT2D eigenvalue weighted by Crippen LogP contribution is 2.29. The van der Waals surface area contributed by atoms with Crippen molar-refractivity contribution in [3.8, 4) is 6.07 Å². The second-order valence-corrected chi connectivity index (χ2v) is 7.07. The quantitative estimate of drug-likeness (QED) is 0.834. The number of hydrogen-bond donors (Lipinski definition) is 0. The van der Waals surface area contributed by atoms with Crippen molar-refractivity contribution < 1.29 is 8.42 Å². The summed E-state index contributed by atoms with van der Waals surface area (Å²) in [4.78, 5) is 0.124. The summed E-state index contributed by atoms with van der Waals surface area (Å²) in [5.74, 6) is 0.361. The van der Waals surface area contributed by atoms with E-state index < -0.39 is 10.0 Å². The van der Waals surface area contributed by atoms with Gasteiger partial charge in [0.1, 0.15) is 6.07 Å². The second-order valence-electron chi connectivity index (χ2n) is 5.21. The molecule has 0 aromatic heterocycles. The first-order valence-corrected chi connectivity index (χ1v) is 7.91. The fourth-order valence-corrected chi connectivity index (χ4v) is 4.42. The summed E-state index contributed by atoms with van der Waals surface area (Å²) >= 11 is 0. The molecule has 0 radical (unpaired) electrons. The minimum absolute atomic E-state index is 0.00653. The lowest BCUT2D eigenvalue weighted by atomic mass is 9.97. The van der Waals surface area contributed by atoms with E-state index in [0.717, 1.165) is 12.8 Å². The molecule has 102 valence electrons. The van der Waals surface area contributed by atoms with Gasteiger partial charge in [-0.1, -0.05) is 19.1 Å². The molecule has 0 N–H and O–H groups in total. The molecule has 1 aromatic rings. The summed E-state index contributed by atoms with van der Waals surface area (Å²) in [6, 6.07) is 8.35. The van der Waals surface area contributed by atoms with E-state index in [4.69, 9.17) is 5.26 Å². The van der Waals surface area contributed by atoms with Crippen LogP contribution < -0.4 is 0 Å². The molecule has 0 unspecified atom stereocenters. The minimum Gasteiger partial charge on any atom is -0.207 e. The predicted octanol–water partition coefficient (Wildman–Crippen LogP) is 2.37. The van der Waals surface area contributed by atoms with Crippen LogP contribution in [-0.2, 0) is 10.0 Å². The summed E-state index contributed by atoms with van der Waals surface area (Å²) < 4.78 is 26.9. The third kappa shape index (κ3) is 2.65. The fraction of sp³-hybridized carbons (Fsp3) is 0.500. The lowest BCUT2D eigenvalue weighted by molar-refractivity contribution is 0.218. The summed E-state index contributed by atoms with van der Waals surface area (Å²) in [5.41, 5.74) is 0.216. The third-order valence-corrected chi connectivity index (χ3v) is 5.69. The van der Waals surface area contributed by atoms with Crippen LogP contribution in [0.25, 0.3) is 0 Å². The molecule has 1 heterocycles. The molecular formula is C14H18N2O2S. The Morgan fingerprint density at radius 3 is 2.63 bits per heavy atom. The molecule has 1 fully saturated rings. The van der Waals surface area contributed by atoms with Crippen LogP contribution in [0.3, 0.4) is 0 Å². The Balaban J connectivity index is 2.45. The monoisotopic (exact) mass is 278 g/mol. The molecule has 19 heavy (non-hydrogen) atoms. The summed E-state index contributed by atoms with van der Waals surface area (Å²) in [6.45, 7) is 4.52. The van der Waals surface area contributed by atoms with Gasteiger partial charge in [0.2, 0.25) is 10.0 Å². The minimum atomic E-state index is -3.58. The van der Waals surface area contributed by atoms with Gasteiger partial charge in [-0.3, -0.25) is 0 Å². The highest BCUT2D eigenvalue weighted by Gasteiger charge is 2.34. The Morgan fingerprint density at radius 2 is 1.95 bits per heavy atom. The lowest BCUT2D eigenvalue weighted by Gasteiger charge is -2.35. The maximum atomic E-state index is 12.7. The van der Waals surface area contributed by atoms with E-state index in [-0.39, 0.29) is 16.5 Å². The van der Waals surface area contributed by atoms with Gasteiger partial charge in [0, 0.05) is 12.6 Å². The standard InChI is InChI=1S/C14H18N2O2S/c1-11-7-8-12(2)16(10-11)19(17,18)14-6-4-3-5-13(14)9-15/h3-6,11-12H,7-8,10H2,1-2H3/t11-,12-/m1/s1. The van der Waals surface area contributed by atoms with E-state index in [9.17, 15) is 8.42 Å². The van der Waals surface area contributed by atoms with Crippen LogP contribution in [0.5, 0.6) is 0 Å². The topological polar surface area (TPSA) is 61.2 Å². The van der Waals surface area contributed by atoms with Crippen LogP contribution in [0, 0.1) is 17.2 Å². The number of nitriles is 1. The summed E-state index contributed by atoms with van der Waals surface area (Å²) in [6.07, 6.45) is 1.92. The van der Waals surface area contributed by atoms with Gasteiger partial charge in [-0.25, -0.2) is 8.42 Å². The largest absolute Gasteiger partial charge is 0.244 e. The highest BCUT2D eigenvalue weighted by atomic mass is 32.2. The van der Waals surface area contributed by atoms with Crippen molar-refractivity contribution in [2.45, 2.75) is 37.6 Å². The Kier molecular flexibility index (Phi) is 3.93. The van der Waals surface area contributed by atoms with Crippen molar-refractivity contribution in [3.63, 3.8) is 0 Å². The molecule has 0 spiro atoms. The Bertz CT molecular complexity index is 604. The first-order chi connectivity index (χ1) is 8.96. The number of rotatable bonds is 2. The molecule has 1 aromatic carbocycles. The lowest BCUT2D eigenvalue weighted by Crippen LogP contribution is -2.44. The Labute approximate surface area is 114 Å². The van der Waals surface area contributed by atoms with Crippen molar-refractivity contribution in [2.75, 3.05) is 6.54 Å². The molecule has 0 saturated carbocycles. The van der Waals surface area contributed by atoms with Crippen LogP contribution in [-0.4, -0.2) is 25.3 Å². The Morgan fingerprint density at radius 1 is 1.26 bits per heavy atom. The maximum absolute atomic E-state index is 12.7. The van der Waals surface area contributed by atoms with Gasteiger partial charge in [0.25, 0.3) is 0 Å². The maximum Gasteiger partial charge on any atom is 0.244 e. The first kappa shape index (κ1) is 14.0. The SMILES string of the molecule is C[C@@H]1CC[C@@H](C)N(S(=O)(=O)c2ccccc2C#N)C1. The van der Waals surface area contributed by atoms with Gasteiger partial charge in [-0.15, -0.1) is 0 Å². The number of nitrogens with zero attached hydrogens (tertiary/aromatic N) is 2. The fourth-order valence-electron chi connectivity index (χ4n) is 2.49. The molecular weight excluding hydrogens is 260 g/mol. The Hall–Kier alpha value is -1.38. The van der Waals surface area contributed by atoms with Crippen LogP contribution in [0.4, 0.5) is 0 Å². The van der Waals surface area contributed by atoms with Crippen LogP contribution in [0.15, 0.2) is 29.2 Å². The summed E-state index contributed by atoms with van der Waals surface area (Å²) in [7, 11) is -3.58. The van der Waals surface area contributed by atoms with Crippen molar-refractivity contribution in [1.29, 1.82) is 5.26 Å². The van der Waals surface area contributed by atoms with Crippen molar-refractivity contribution >= 4 is 10.0 Å². The third-order valence-electron chi connectivity index (χ3n) is 3.65. The van der Waals surface area contributed by atoms with Crippen LogP contribution in [0.2, 0.25) is 0 Å². The zero-order valence-electron chi connectivity index (χ0n) is 11.2. The molecule has 0 aliphatic carbocycles. The number of piperidine rings is 1. The average Bonchev–Trinajstić information content (AvgIpc) is 2.41. The predicted molar refractivity (Wildman–Crippen MR) is 72.9 cm³/mol. The normalized spacial score (nSPS) is 24.9. The van der Waals surface area contributed by atoms with Crippen molar-refractivity contribution in [2.24, 2.45) is 5.92 Å². The molecule has 0 amide bonds. The van der Waals surface area contributed by atoms with Crippen LogP contribution >= 0.6 is 0 Å². The van der Waals surface area contributed by atoms with E-state index in [1.807, 2.05) is 13.0 Å². The van der Waals surface area contributed by atoms with E-state index >= 15 is 0 Å². The second kappa shape index (κ2) is 5.32. The van der Waals surface area contributed by atoms with Crippen LogP contribution in [0.1, 0.15) is 32.3 Å². The average molecular weight is 278 g/mol. The number of benzene rings is 1. The number of sulfonamides is 1. The van der Waals surface area contributed by atoms with Gasteiger partial charge >= 0.3 is 0 Å². The number of hydrogen-bond acceptors (Lipinski definition) is 3. The zero-order chi connectivity index (χ0) is 14.0. The van der Waals surface area contributed by atoms with Gasteiger partial charge < -0.3 is 0 Å². The van der Waals surface area contributed by atoms with Crippen molar-refractivity contribution in [3.05, 3.63) is 29.8 Å². The highest BCUT2D eigenvalue weighted by molar-refractivity contribution is 7.89. The van der Waals surface area contributed by atoms with Gasteiger partial charge in [-0.2, -0.15) is 9.57 Å². The molecule has 0 bridgehead atoms. The first-order valence-electron chi connectivity index (χ1n) is 6.47. The molecule has 2 atom stereocenters. The molecule has 1 aliphatic rings. The van der Waals surface area contributed by atoms with E-state index in [0.29, 0.717) is 12.5 Å². The van der Waals surface area contributed by atoms with Crippen molar-refractivity contribution in [1.82, 2.24) is 4.31 Å². The van der Waals surface area contributed by atoms with Gasteiger partial charge in [0.15, 0.2) is 0 Å². The van der Waals surface area contributed by atoms with E-state index in [2.05, 4.69) is 6.92 Å².